The molecule has 0 bridgehead atoms. The number of nitrogens with zero attached hydrogens (tertiary/aromatic N) is 1. The molecule has 0 radical (unpaired) electrons. The Labute approximate surface area is 89.9 Å². The highest BCUT2D eigenvalue weighted by Gasteiger charge is 1.94. The Morgan fingerprint density at radius 2 is 1.80 bits per heavy atom. The van der Waals surface area contributed by atoms with Crippen LogP contribution < -0.4 is 11.5 Å². The quantitative estimate of drug-likeness (QED) is 0.558. The van der Waals surface area contributed by atoms with E-state index >= 15 is 0 Å². The molecule has 0 atom stereocenters. The van der Waals surface area contributed by atoms with Crippen molar-refractivity contribution in [3.8, 4) is 0 Å². The van der Waals surface area contributed by atoms with Crippen molar-refractivity contribution in [1.29, 1.82) is 0 Å². The second kappa shape index (κ2) is 6.03. The molecule has 0 aromatic heterocycles. The van der Waals surface area contributed by atoms with Crippen molar-refractivity contribution in [2.45, 2.75) is 20.1 Å². The monoisotopic (exact) mass is 207 g/mol. The lowest BCUT2D eigenvalue weighted by molar-refractivity contribution is 0.134. The molecule has 0 aliphatic rings. The van der Waals surface area contributed by atoms with Crippen molar-refractivity contribution in [1.82, 2.24) is 0 Å². The average Bonchev–Trinajstić information content (AvgIpc) is 2.25. The number of benzene rings is 1. The molecular formula is C11H17N3O. The van der Waals surface area contributed by atoms with E-state index in [1.165, 1.54) is 0 Å². The third-order valence-electron chi connectivity index (χ3n) is 1.94. The summed E-state index contributed by atoms with van der Waals surface area (Å²) in [6.45, 7) is 3.89. The molecule has 0 spiro atoms. The van der Waals surface area contributed by atoms with Crippen LogP contribution in [0.3, 0.4) is 0 Å². The first-order valence-corrected chi connectivity index (χ1v) is 4.93. The van der Waals surface area contributed by atoms with E-state index in [4.69, 9.17) is 16.2 Å². The Bertz CT molecular complexity index is 315. The summed E-state index contributed by atoms with van der Waals surface area (Å²) in [5.74, 6) is 0.119. The minimum Gasteiger partial charge on any atom is -0.377 e. The van der Waals surface area contributed by atoms with Gasteiger partial charge in [-0.05, 0) is 18.1 Å². The summed E-state index contributed by atoms with van der Waals surface area (Å²) < 4.78 is 5.29. The molecule has 15 heavy (non-hydrogen) atoms. The van der Waals surface area contributed by atoms with Gasteiger partial charge in [-0.1, -0.05) is 24.3 Å². The van der Waals surface area contributed by atoms with Crippen LogP contribution in [0.5, 0.6) is 0 Å². The maximum Gasteiger partial charge on any atom is 0.186 e. The van der Waals surface area contributed by atoms with Gasteiger partial charge in [0, 0.05) is 6.61 Å². The molecule has 0 heterocycles. The number of ether oxygens (including phenoxy) is 1. The molecule has 1 aromatic carbocycles. The van der Waals surface area contributed by atoms with E-state index in [1.54, 1.807) is 0 Å². The lowest BCUT2D eigenvalue weighted by Gasteiger charge is -2.02. The van der Waals surface area contributed by atoms with Gasteiger partial charge in [0.05, 0.1) is 13.2 Å². The highest BCUT2D eigenvalue weighted by atomic mass is 16.5. The van der Waals surface area contributed by atoms with E-state index in [9.17, 15) is 0 Å². The zero-order chi connectivity index (χ0) is 11.1. The van der Waals surface area contributed by atoms with E-state index < -0.39 is 0 Å². The molecular weight excluding hydrogens is 190 g/mol. The first-order valence-electron chi connectivity index (χ1n) is 4.93. The maximum atomic E-state index is 5.29. The summed E-state index contributed by atoms with van der Waals surface area (Å²) in [6, 6.07) is 8.04. The minimum absolute atomic E-state index is 0.119. The minimum atomic E-state index is 0.119. The Hall–Kier alpha value is -1.55. The zero-order valence-electron chi connectivity index (χ0n) is 8.94. The zero-order valence-corrected chi connectivity index (χ0v) is 8.94. The SMILES string of the molecule is CCOCc1ccc(CN=C(N)N)cc1. The molecule has 4 heteroatoms. The molecule has 1 rings (SSSR count). The fourth-order valence-electron chi connectivity index (χ4n) is 1.14. The standard InChI is InChI=1S/C11H17N3O/c1-2-15-8-10-5-3-9(4-6-10)7-14-11(12)13/h3-6H,2,7-8H2,1H3,(H4,12,13,14). The highest BCUT2D eigenvalue weighted by molar-refractivity contribution is 5.75. The molecule has 0 amide bonds. The maximum absolute atomic E-state index is 5.29. The highest BCUT2D eigenvalue weighted by Crippen LogP contribution is 2.06. The van der Waals surface area contributed by atoms with Crippen LogP contribution >= 0.6 is 0 Å². The fourth-order valence-corrected chi connectivity index (χ4v) is 1.14. The summed E-state index contributed by atoms with van der Waals surface area (Å²) in [7, 11) is 0. The topological polar surface area (TPSA) is 73.6 Å². The molecule has 0 saturated heterocycles. The lowest BCUT2D eigenvalue weighted by Crippen LogP contribution is -2.22. The molecule has 0 aliphatic heterocycles. The van der Waals surface area contributed by atoms with Gasteiger partial charge < -0.3 is 16.2 Å². The molecule has 82 valence electrons. The van der Waals surface area contributed by atoms with Gasteiger partial charge in [-0.25, -0.2) is 4.99 Å². The predicted molar refractivity (Wildman–Crippen MR) is 61.3 cm³/mol. The lowest BCUT2D eigenvalue weighted by atomic mass is 10.1. The van der Waals surface area contributed by atoms with E-state index in [0.717, 1.165) is 17.7 Å². The number of aliphatic imine (C=N–C) groups is 1. The van der Waals surface area contributed by atoms with Gasteiger partial charge in [0.2, 0.25) is 0 Å². The second-order valence-electron chi connectivity index (χ2n) is 3.19. The van der Waals surface area contributed by atoms with Crippen molar-refractivity contribution in [3.05, 3.63) is 35.4 Å². The van der Waals surface area contributed by atoms with E-state index in [-0.39, 0.29) is 5.96 Å². The third-order valence-corrected chi connectivity index (χ3v) is 1.94. The van der Waals surface area contributed by atoms with Gasteiger partial charge in [-0.3, -0.25) is 0 Å². The van der Waals surface area contributed by atoms with Crippen LogP contribution in [0.1, 0.15) is 18.1 Å². The van der Waals surface area contributed by atoms with Crippen LogP contribution in [-0.2, 0) is 17.9 Å². The Kier molecular flexibility index (Phi) is 4.63. The number of rotatable bonds is 5. The molecule has 4 N–H and O–H groups in total. The predicted octanol–water partition coefficient (Wildman–Crippen LogP) is 0.997. The molecule has 0 aliphatic carbocycles. The number of nitrogens with two attached hydrogens (primary N) is 2. The second-order valence-corrected chi connectivity index (χ2v) is 3.19. The molecule has 4 nitrogen and oxygen atoms in total. The molecule has 0 fully saturated rings. The average molecular weight is 207 g/mol. The van der Waals surface area contributed by atoms with Gasteiger partial charge >= 0.3 is 0 Å². The smallest absolute Gasteiger partial charge is 0.186 e. The fraction of sp³-hybridized carbons (Fsp3) is 0.364. The summed E-state index contributed by atoms with van der Waals surface area (Å²) >= 11 is 0. The first-order chi connectivity index (χ1) is 7.22. The Morgan fingerprint density at radius 3 is 2.33 bits per heavy atom. The van der Waals surface area contributed by atoms with Crippen molar-refractivity contribution in [2.75, 3.05) is 6.61 Å². The normalized spacial score (nSPS) is 9.93. The Balaban J connectivity index is 2.52. The summed E-state index contributed by atoms with van der Waals surface area (Å²) in [5.41, 5.74) is 12.7. The van der Waals surface area contributed by atoms with Crippen LogP contribution in [0.25, 0.3) is 0 Å². The first kappa shape index (κ1) is 11.5. The van der Waals surface area contributed by atoms with Crippen molar-refractivity contribution >= 4 is 5.96 Å². The van der Waals surface area contributed by atoms with E-state index in [2.05, 4.69) is 4.99 Å². The summed E-state index contributed by atoms with van der Waals surface area (Å²) in [4.78, 5) is 3.93. The van der Waals surface area contributed by atoms with E-state index in [0.29, 0.717) is 13.2 Å². The van der Waals surface area contributed by atoms with Crippen molar-refractivity contribution in [2.24, 2.45) is 16.5 Å². The van der Waals surface area contributed by atoms with Crippen LogP contribution in [0.4, 0.5) is 0 Å². The van der Waals surface area contributed by atoms with Crippen LogP contribution in [-0.4, -0.2) is 12.6 Å². The third kappa shape index (κ3) is 4.46. The van der Waals surface area contributed by atoms with Gasteiger partial charge in [-0.15, -0.1) is 0 Å². The van der Waals surface area contributed by atoms with Gasteiger partial charge in [0.25, 0.3) is 0 Å². The Morgan fingerprint density at radius 1 is 1.20 bits per heavy atom. The van der Waals surface area contributed by atoms with E-state index in [1.807, 2.05) is 31.2 Å². The van der Waals surface area contributed by atoms with Gasteiger partial charge in [0.1, 0.15) is 0 Å². The van der Waals surface area contributed by atoms with Gasteiger partial charge in [0.15, 0.2) is 5.96 Å². The number of hydrogen-bond donors (Lipinski definition) is 2. The summed E-state index contributed by atoms with van der Waals surface area (Å²) in [6.07, 6.45) is 0. The van der Waals surface area contributed by atoms with Crippen molar-refractivity contribution < 1.29 is 4.74 Å². The van der Waals surface area contributed by atoms with Crippen LogP contribution in [0.2, 0.25) is 0 Å². The number of hydrogen-bond acceptors (Lipinski definition) is 2. The molecule has 0 saturated carbocycles. The van der Waals surface area contributed by atoms with Crippen molar-refractivity contribution in [3.63, 3.8) is 0 Å². The molecule has 1 aromatic rings. The van der Waals surface area contributed by atoms with Gasteiger partial charge in [-0.2, -0.15) is 0 Å². The number of guanidine groups is 1. The van der Waals surface area contributed by atoms with Crippen LogP contribution in [0, 0.1) is 0 Å². The largest absolute Gasteiger partial charge is 0.377 e. The summed E-state index contributed by atoms with van der Waals surface area (Å²) in [5, 5.41) is 0. The van der Waals surface area contributed by atoms with Crippen LogP contribution in [0.15, 0.2) is 29.3 Å². The molecule has 0 unspecified atom stereocenters.